The predicted octanol–water partition coefficient (Wildman–Crippen LogP) is 3.25. The Kier molecular flexibility index (Phi) is 10.5. The lowest BCUT2D eigenvalue weighted by atomic mass is 9.96. The second-order valence-corrected chi connectivity index (χ2v) is 7.67. The maximum Gasteiger partial charge on any atom is 0.315 e. The van der Waals surface area contributed by atoms with Crippen molar-refractivity contribution in [1.29, 1.82) is 0 Å². The zero-order valence-electron chi connectivity index (χ0n) is 16.2. The van der Waals surface area contributed by atoms with Gasteiger partial charge in [0.2, 0.25) is 5.91 Å². The highest BCUT2D eigenvalue weighted by molar-refractivity contribution is 5.76. The van der Waals surface area contributed by atoms with E-state index in [0.29, 0.717) is 38.1 Å². The Morgan fingerprint density at radius 3 is 2.19 bits per heavy atom. The number of hydrogen-bond donors (Lipinski definition) is 3. The summed E-state index contributed by atoms with van der Waals surface area (Å²) in [7, 11) is 0. The minimum Gasteiger partial charge on any atom is -0.378 e. The van der Waals surface area contributed by atoms with Crippen LogP contribution in [-0.4, -0.2) is 43.8 Å². The Labute approximate surface area is 158 Å². The van der Waals surface area contributed by atoms with Crippen molar-refractivity contribution >= 4 is 11.9 Å². The van der Waals surface area contributed by atoms with Crippen molar-refractivity contribution in [1.82, 2.24) is 16.0 Å². The summed E-state index contributed by atoms with van der Waals surface area (Å²) in [5.41, 5.74) is 0. The monoisotopic (exact) mass is 367 g/mol. The Morgan fingerprint density at radius 2 is 1.46 bits per heavy atom. The molecule has 0 aliphatic heterocycles. The van der Waals surface area contributed by atoms with Crippen LogP contribution in [0.3, 0.4) is 0 Å². The van der Waals surface area contributed by atoms with Gasteiger partial charge in [0.15, 0.2) is 0 Å². The number of carbonyl (C=O) groups excluding carboxylic acids is 2. The third-order valence-corrected chi connectivity index (χ3v) is 5.36. The van der Waals surface area contributed by atoms with Crippen LogP contribution in [0.15, 0.2) is 0 Å². The summed E-state index contributed by atoms with van der Waals surface area (Å²) in [5, 5.41) is 8.79. The molecular formula is C20H37N3O3. The van der Waals surface area contributed by atoms with E-state index in [2.05, 4.69) is 16.0 Å². The van der Waals surface area contributed by atoms with Gasteiger partial charge in [-0.05, 0) is 38.5 Å². The molecule has 0 aromatic carbocycles. The van der Waals surface area contributed by atoms with E-state index in [0.717, 1.165) is 25.9 Å². The molecule has 0 spiro atoms. The molecule has 0 unspecified atom stereocenters. The highest BCUT2D eigenvalue weighted by Gasteiger charge is 2.15. The summed E-state index contributed by atoms with van der Waals surface area (Å²) >= 11 is 0. The van der Waals surface area contributed by atoms with Crippen LogP contribution < -0.4 is 16.0 Å². The quantitative estimate of drug-likeness (QED) is 0.519. The van der Waals surface area contributed by atoms with Crippen LogP contribution in [-0.2, 0) is 9.53 Å². The van der Waals surface area contributed by atoms with E-state index in [4.69, 9.17) is 4.74 Å². The van der Waals surface area contributed by atoms with Crippen molar-refractivity contribution < 1.29 is 14.3 Å². The van der Waals surface area contributed by atoms with Gasteiger partial charge in [0, 0.05) is 32.2 Å². The SMILES string of the molecule is O=C(CCCNC(=O)NC1CCCCC1)NCCCOC1CCCCC1. The van der Waals surface area contributed by atoms with Gasteiger partial charge < -0.3 is 20.7 Å². The van der Waals surface area contributed by atoms with Gasteiger partial charge >= 0.3 is 6.03 Å². The first kappa shape index (κ1) is 21.0. The Morgan fingerprint density at radius 1 is 0.808 bits per heavy atom. The fourth-order valence-electron chi connectivity index (χ4n) is 3.80. The second-order valence-electron chi connectivity index (χ2n) is 7.67. The smallest absolute Gasteiger partial charge is 0.315 e. The summed E-state index contributed by atoms with van der Waals surface area (Å²) in [6.45, 7) is 1.94. The van der Waals surface area contributed by atoms with Crippen LogP contribution in [0.4, 0.5) is 4.79 Å². The van der Waals surface area contributed by atoms with E-state index in [1.165, 1.54) is 51.4 Å². The van der Waals surface area contributed by atoms with Crippen molar-refractivity contribution in [2.75, 3.05) is 19.7 Å². The minimum atomic E-state index is -0.0998. The normalized spacial score (nSPS) is 19.1. The van der Waals surface area contributed by atoms with Crippen molar-refractivity contribution in [3.63, 3.8) is 0 Å². The summed E-state index contributed by atoms with van der Waals surface area (Å²) < 4.78 is 5.85. The lowest BCUT2D eigenvalue weighted by Crippen LogP contribution is -2.43. The molecule has 2 fully saturated rings. The molecule has 0 bridgehead atoms. The molecule has 6 heteroatoms. The maximum absolute atomic E-state index is 11.8. The van der Waals surface area contributed by atoms with Gasteiger partial charge in [-0.3, -0.25) is 4.79 Å². The van der Waals surface area contributed by atoms with Gasteiger partial charge in [-0.15, -0.1) is 0 Å². The lowest BCUT2D eigenvalue weighted by molar-refractivity contribution is -0.121. The van der Waals surface area contributed by atoms with Crippen molar-refractivity contribution in [2.45, 2.75) is 95.6 Å². The first-order valence-electron chi connectivity index (χ1n) is 10.7. The summed E-state index contributed by atoms with van der Waals surface area (Å²) in [5.74, 6) is 0.0529. The Balaban J connectivity index is 1.38. The van der Waals surface area contributed by atoms with Crippen molar-refractivity contribution in [3.05, 3.63) is 0 Å². The molecule has 3 N–H and O–H groups in total. The molecule has 0 saturated heterocycles. The zero-order chi connectivity index (χ0) is 18.5. The van der Waals surface area contributed by atoms with Crippen LogP contribution in [0.2, 0.25) is 0 Å². The molecule has 0 atom stereocenters. The standard InChI is InChI=1S/C20H37N3O3/c24-19(21-15-8-16-26-18-11-5-2-6-12-18)13-7-14-22-20(25)23-17-9-3-1-4-10-17/h17-18H,1-16H2,(H,21,24)(H2,22,23,25). The van der Waals surface area contributed by atoms with Crippen molar-refractivity contribution in [2.24, 2.45) is 0 Å². The highest BCUT2D eigenvalue weighted by Crippen LogP contribution is 2.20. The van der Waals surface area contributed by atoms with Crippen LogP contribution in [0.25, 0.3) is 0 Å². The second kappa shape index (κ2) is 13.0. The molecule has 26 heavy (non-hydrogen) atoms. The molecule has 0 aromatic heterocycles. The Bertz CT molecular complexity index is 405. The van der Waals surface area contributed by atoms with E-state index < -0.39 is 0 Å². The minimum absolute atomic E-state index is 0.0529. The first-order valence-corrected chi connectivity index (χ1v) is 10.7. The first-order chi connectivity index (χ1) is 12.7. The molecule has 2 rings (SSSR count). The van der Waals surface area contributed by atoms with E-state index in [9.17, 15) is 9.59 Å². The average Bonchev–Trinajstić information content (AvgIpc) is 2.66. The van der Waals surface area contributed by atoms with Gasteiger partial charge in [-0.2, -0.15) is 0 Å². The van der Waals surface area contributed by atoms with Gasteiger partial charge in [-0.1, -0.05) is 38.5 Å². The molecule has 150 valence electrons. The molecule has 0 radical (unpaired) electrons. The molecule has 3 amide bonds. The molecular weight excluding hydrogens is 330 g/mol. The number of amides is 3. The number of carbonyl (C=O) groups is 2. The zero-order valence-corrected chi connectivity index (χ0v) is 16.2. The summed E-state index contributed by atoms with van der Waals surface area (Å²) in [6, 6.07) is 0.222. The van der Waals surface area contributed by atoms with Crippen LogP contribution in [0, 0.1) is 0 Å². The van der Waals surface area contributed by atoms with E-state index >= 15 is 0 Å². The van der Waals surface area contributed by atoms with Crippen molar-refractivity contribution in [3.8, 4) is 0 Å². The highest BCUT2D eigenvalue weighted by atomic mass is 16.5. The number of ether oxygens (including phenoxy) is 1. The number of rotatable bonds is 10. The summed E-state index contributed by atoms with van der Waals surface area (Å²) in [6.07, 6.45) is 14.6. The topological polar surface area (TPSA) is 79.5 Å². The molecule has 6 nitrogen and oxygen atoms in total. The number of hydrogen-bond acceptors (Lipinski definition) is 3. The summed E-state index contributed by atoms with van der Waals surface area (Å²) in [4.78, 5) is 23.6. The van der Waals surface area contributed by atoms with E-state index in [-0.39, 0.29) is 11.9 Å². The van der Waals surface area contributed by atoms with Gasteiger partial charge in [0.05, 0.1) is 6.10 Å². The van der Waals surface area contributed by atoms with Gasteiger partial charge in [0.25, 0.3) is 0 Å². The molecule has 0 heterocycles. The van der Waals surface area contributed by atoms with E-state index in [1.54, 1.807) is 0 Å². The molecule has 2 aliphatic carbocycles. The third kappa shape index (κ3) is 9.41. The van der Waals surface area contributed by atoms with Gasteiger partial charge in [0.1, 0.15) is 0 Å². The maximum atomic E-state index is 11.8. The van der Waals surface area contributed by atoms with Crippen LogP contribution >= 0.6 is 0 Å². The number of urea groups is 1. The van der Waals surface area contributed by atoms with Crippen LogP contribution in [0.5, 0.6) is 0 Å². The number of nitrogens with one attached hydrogen (secondary N) is 3. The van der Waals surface area contributed by atoms with E-state index in [1.807, 2.05) is 0 Å². The largest absolute Gasteiger partial charge is 0.378 e. The Hall–Kier alpha value is -1.30. The van der Waals surface area contributed by atoms with Crippen LogP contribution in [0.1, 0.15) is 83.5 Å². The third-order valence-electron chi connectivity index (χ3n) is 5.36. The fourth-order valence-corrected chi connectivity index (χ4v) is 3.80. The van der Waals surface area contributed by atoms with Gasteiger partial charge in [-0.25, -0.2) is 4.79 Å². The fraction of sp³-hybridized carbons (Fsp3) is 0.900. The molecule has 2 aliphatic rings. The lowest BCUT2D eigenvalue weighted by Gasteiger charge is -2.22. The predicted molar refractivity (Wildman–Crippen MR) is 103 cm³/mol. The molecule has 0 aromatic rings. The average molecular weight is 368 g/mol. The molecule has 2 saturated carbocycles.